The lowest BCUT2D eigenvalue weighted by Gasteiger charge is -2.19. The van der Waals surface area contributed by atoms with Gasteiger partial charge in [-0.1, -0.05) is 0 Å². The Kier molecular flexibility index (Phi) is 3.71. The number of likely N-dealkylation sites (tertiary alicyclic amines) is 1. The first-order valence-electron chi connectivity index (χ1n) is 9.17. The molecule has 6 nitrogen and oxygen atoms in total. The van der Waals surface area contributed by atoms with Crippen molar-refractivity contribution in [3.8, 4) is 22.8 Å². The fourth-order valence-electron chi connectivity index (χ4n) is 3.84. The molecule has 2 aliphatic rings. The fraction of sp³-hybridized carbons (Fsp3) is 0.350. The molecule has 0 bridgehead atoms. The van der Waals surface area contributed by atoms with E-state index < -0.39 is 0 Å². The van der Waals surface area contributed by atoms with Crippen molar-refractivity contribution in [2.45, 2.75) is 19.4 Å². The average molecular weight is 350 g/mol. The summed E-state index contributed by atoms with van der Waals surface area (Å²) in [5.74, 6) is 1.59. The number of nitrogens with zero attached hydrogens (tertiary/aromatic N) is 3. The monoisotopic (exact) mass is 350 g/mol. The molecular formula is C20H22N4O2. The predicted molar refractivity (Wildman–Crippen MR) is 101 cm³/mol. The van der Waals surface area contributed by atoms with Crippen molar-refractivity contribution in [1.29, 1.82) is 0 Å². The summed E-state index contributed by atoms with van der Waals surface area (Å²) >= 11 is 0. The number of aromatic nitrogens is 2. The third-order valence-corrected chi connectivity index (χ3v) is 5.13. The summed E-state index contributed by atoms with van der Waals surface area (Å²) in [5, 5.41) is 0. The summed E-state index contributed by atoms with van der Waals surface area (Å²) in [6.07, 6.45) is 4.49. The fourth-order valence-corrected chi connectivity index (χ4v) is 3.84. The molecule has 0 amide bonds. The number of hydrogen-bond acceptors (Lipinski definition) is 5. The highest BCUT2D eigenvalue weighted by Gasteiger charge is 2.21. The van der Waals surface area contributed by atoms with E-state index >= 15 is 0 Å². The van der Waals surface area contributed by atoms with E-state index in [1.165, 1.54) is 18.5 Å². The van der Waals surface area contributed by atoms with Gasteiger partial charge in [0.1, 0.15) is 18.9 Å². The number of hydrogen-bond donors (Lipinski definition) is 1. The van der Waals surface area contributed by atoms with E-state index in [9.17, 15) is 0 Å². The van der Waals surface area contributed by atoms with Crippen LogP contribution in [0.2, 0.25) is 0 Å². The first-order valence-corrected chi connectivity index (χ1v) is 9.17. The molecule has 0 saturated carbocycles. The molecule has 0 aliphatic carbocycles. The van der Waals surface area contributed by atoms with Crippen LogP contribution in [-0.4, -0.2) is 40.6 Å². The van der Waals surface area contributed by atoms with E-state index in [0.29, 0.717) is 13.2 Å². The number of ether oxygens (including phenoxy) is 2. The van der Waals surface area contributed by atoms with E-state index in [1.54, 1.807) is 0 Å². The highest BCUT2D eigenvalue weighted by molar-refractivity contribution is 5.70. The third-order valence-electron chi connectivity index (χ3n) is 5.13. The Labute approximate surface area is 152 Å². The molecule has 4 heterocycles. The zero-order valence-corrected chi connectivity index (χ0v) is 14.6. The summed E-state index contributed by atoms with van der Waals surface area (Å²) in [6, 6.07) is 9.95. The number of nitrogens with two attached hydrogens (primary N) is 1. The van der Waals surface area contributed by atoms with Crippen molar-refractivity contribution in [2.75, 3.05) is 32.0 Å². The lowest BCUT2D eigenvalue weighted by molar-refractivity contribution is 0.171. The molecule has 0 unspecified atom stereocenters. The van der Waals surface area contributed by atoms with Crippen LogP contribution < -0.4 is 15.2 Å². The number of benzene rings is 1. The van der Waals surface area contributed by atoms with Crippen LogP contribution in [0.5, 0.6) is 11.5 Å². The van der Waals surface area contributed by atoms with Gasteiger partial charge in [-0.2, -0.15) is 0 Å². The van der Waals surface area contributed by atoms with Gasteiger partial charge in [0.05, 0.1) is 11.4 Å². The van der Waals surface area contributed by atoms with Gasteiger partial charge in [-0.05, 0) is 56.3 Å². The first kappa shape index (κ1) is 15.5. The molecule has 6 heteroatoms. The molecule has 26 heavy (non-hydrogen) atoms. The number of nitrogen functional groups attached to an aromatic ring is 1. The number of fused-ring (bicyclic) bond motifs is 2. The molecule has 0 radical (unpaired) electrons. The van der Waals surface area contributed by atoms with Crippen LogP contribution in [0.1, 0.15) is 18.5 Å². The Balaban J connectivity index is 1.64. The highest BCUT2D eigenvalue weighted by atomic mass is 16.6. The van der Waals surface area contributed by atoms with Gasteiger partial charge in [0.25, 0.3) is 0 Å². The number of rotatable bonds is 3. The van der Waals surface area contributed by atoms with E-state index in [2.05, 4.69) is 15.4 Å². The second-order valence-corrected chi connectivity index (χ2v) is 6.94. The second kappa shape index (κ2) is 6.21. The molecule has 2 aromatic heterocycles. The molecule has 134 valence electrons. The number of anilines is 1. The summed E-state index contributed by atoms with van der Waals surface area (Å²) in [5.41, 5.74) is 10.9. The smallest absolute Gasteiger partial charge is 0.162 e. The van der Waals surface area contributed by atoms with Crippen molar-refractivity contribution in [1.82, 2.24) is 14.3 Å². The molecule has 0 atom stereocenters. The summed E-state index contributed by atoms with van der Waals surface area (Å²) < 4.78 is 13.5. The maximum Gasteiger partial charge on any atom is 0.162 e. The summed E-state index contributed by atoms with van der Waals surface area (Å²) in [6.45, 7) is 4.32. The van der Waals surface area contributed by atoms with Gasteiger partial charge in [-0.25, -0.2) is 4.98 Å². The SMILES string of the molecule is Nc1ccc2nc(-c3ccc4c(c3)OCCO4)c(CN3CCCC3)n2c1. The largest absolute Gasteiger partial charge is 0.486 e. The van der Waals surface area contributed by atoms with Crippen LogP contribution in [0.3, 0.4) is 0 Å². The quantitative estimate of drug-likeness (QED) is 0.787. The molecule has 2 N–H and O–H groups in total. The molecule has 1 fully saturated rings. The van der Waals surface area contributed by atoms with Crippen LogP contribution in [0.25, 0.3) is 16.9 Å². The maximum absolute atomic E-state index is 6.04. The van der Waals surface area contributed by atoms with Crippen molar-refractivity contribution in [2.24, 2.45) is 0 Å². The molecule has 5 rings (SSSR count). The summed E-state index contributed by atoms with van der Waals surface area (Å²) in [7, 11) is 0. The Morgan fingerprint density at radius 3 is 2.65 bits per heavy atom. The van der Waals surface area contributed by atoms with Crippen LogP contribution in [-0.2, 0) is 6.54 Å². The summed E-state index contributed by atoms with van der Waals surface area (Å²) in [4.78, 5) is 7.38. The van der Waals surface area contributed by atoms with Crippen LogP contribution in [0.4, 0.5) is 5.69 Å². The highest BCUT2D eigenvalue weighted by Crippen LogP contribution is 2.36. The Morgan fingerprint density at radius 1 is 1.00 bits per heavy atom. The van der Waals surface area contributed by atoms with Gasteiger partial charge in [-0.3, -0.25) is 4.90 Å². The maximum atomic E-state index is 6.04. The van der Waals surface area contributed by atoms with Gasteiger partial charge < -0.3 is 19.6 Å². The van der Waals surface area contributed by atoms with Gasteiger partial charge >= 0.3 is 0 Å². The van der Waals surface area contributed by atoms with E-state index in [4.69, 9.17) is 20.2 Å². The minimum atomic E-state index is 0.582. The van der Waals surface area contributed by atoms with Gasteiger partial charge in [0, 0.05) is 24.0 Å². The van der Waals surface area contributed by atoms with Crippen LogP contribution in [0, 0.1) is 0 Å². The van der Waals surface area contributed by atoms with Crippen molar-refractivity contribution in [3.63, 3.8) is 0 Å². The van der Waals surface area contributed by atoms with Crippen molar-refractivity contribution in [3.05, 3.63) is 42.2 Å². The minimum absolute atomic E-state index is 0.582. The molecular weight excluding hydrogens is 328 g/mol. The Hall–Kier alpha value is -2.73. The lowest BCUT2D eigenvalue weighted by Crippen LogP contribution is -2.20. The van der Waals surface area contributed by atoms with Crippen molar-refractivity contribution >= 4 is 11.3 Å². The number of imidazole rings is 1. The predicted octanol–water partition coefficient (Wildman–Crippen LogP) is 2.95. The minimum Gasteiger partial charge on any atom is -0.486 e. The zero-order valence-electron chi connectivity index (χ0n) is 14.6. The van der Waals surface area contributed by atoms with E-state index in [1.807, 2.05) is 30.5 Å². The molecule has 0 spiro atoms. The van der Waals surface area contributed by atoms with Crippen LogP contribution >= 0.6 is 0 Å². The lowest BCUT2D eigenvalue weighted by atomic mass is 10.1. The van der Waals surface area contributed by atoms with E-state index in [0.717, 1.165) is 53.7 Å². The van der Waals surface area contributed by atoms with Gasteiger partial charge in [-0.15, -0.1) is 0 Å². The third kappa shape index (κ3) is 2.66. The van der Waals surface area contributed by atoms with E-state index in [-0.39, 0.29) is 0 Å². The number of pyridine rings is 1. The van der Waals surface area contributed by atoms with Crippen molar-refractivity contribution < 1.29 is 9.47 Å². The molecule has 1 aromatic carbocycles. The second-order valence-electron chi connectivity index (χ2n) is 6.94. The normalized spacial score (nSPS) is 17.1. The zero-order chi connectivity index (χ0) is 17.5. The van der Waals surface area contributed by atoms with Gasteiger partial charge in [0.15, 0.2) is 11.5 Å². The standard InChI is InChI=1S/C20H22N4O2/c21-15-4-6-19-22-20(14-3-5-17-18(11-14)26-10-9-25-17)16(24(19)12-15)13-23-7-1-2-8-23/h3-6,11-12H,1-2,7-10,13,21H2. The topological polar surface area (TPSA) is 65.0 Å². The molecule has 3 aromatic rings. The Bertz CT molecular complexity index is 960. The first-order chi connectivity index (χ1) is 12.8. The average Bonchev–Trinajstić information content (AvgIpc) is 3.30. The van der Waals surface area contributed by atoms with Gasteiger partial charge in [0.2, 0.25) is 0 Å². The molecule has 1 saturated heterocycles. The molecule has 2 aliphatic heterocycles. The van der Waals surface area contributed by atoms with Crippen LogP contribution in [0.15, 0.2) is 36.5 Å². The Morgan fingerprint density at radius 2 is 1.81 bits per heavy atom.